The van der Waals surface area contributed by atoms with Crippen molar-refractivity contribution in [3.63, 3.8) is 0 Å². The van der Waals surface area contributed by atoms with Gasteiger partial charge >= 0.3 is 6.09 Å². The van der Waals surface area contributed by atoms with E-state index in [-0.39, 0.29) is 9.24 Å². The van der Waals surface area contributed by atoms with Gasteiger partial charge in [0.25, 0.3) is 0 Å². The van der Waals surface area contributed by atoms with Gasteiger partial charge in [-0.15, -0.1) is 0 Å². The summed E-state index contributed by atoms with van der Waals surface area (Å²) in [7, 11) is -3.82. The minimum absolute atomic E-state index is 0.0542. The van der Waals surface area contributed by atoms with Gasteiger partial charge in [0, 0.05) is 24.0 Å². The largest absolute Gasteiger partial charge is 0.417 e. The van der Waals surface area contributed by atoms with Gasteiger partial charge < -0.3 is 10.5 Å². The number of carbonyl (C=O) groups is 1. The van der Waals surface area contributed by atoms with Crippen LogP contribution in [-0.2, 0) is 16.4 Å². The fourth-order valence-electron chi connectivity index (χ4n) is 2.62. The summed E-state index contributed by atoms with van der Waals surface area (Å²) in [6, 6.07) is 14.4. The molecule has 4 aromatic rings. The Kier molecular flexibility index (Phi) is 5.80. The average Bonchev–Trinajstić information content (AvgIpc) is 3.45. The van der Waals surface area contributed by atoms with E-state index < -0.39 is 15.9 Å². The number of hydrogen-bond donors (Lipinski definition) is 2. The molecule has 0 unspecified atom stereocenters. The summed E-state index contributed by atoms with van der Waals surface area (Å²) in [5.41, 5.74) is 6.80. The van der Waals surface area contributed by atoms with Crippen LogP contribution in [0.4, 0.5) is 10.5 Å². The summed E-state index contributed by atoms with van der Waals surface area (Å²) < 4.78 is 32.4. The minimum atomic E-state index is -3.82. The lowest BCUT2D eigenvalue weighted by Gasteiger charge is -2.07. The van der Waals surface area contributed by atoms with E-state index in [9.17, 15) is 13.2 Å². The van der Waals surface area contributed by atoms with Crippen molar-refractivity contribution >= 4 is 33.0 Å². The quantitative estimate of drug-likeness (QED) is 0.456. The van der Waals surface area contributed by atoms with Gasteiger partial charge in [-0.1, -0.05) is 29.5 Å². The van der Waals surface area contributed by atoms with Crippen LogP contribution in [0.25, 0.3) is 5.00 Å². The number of nitrogens with one attached hydrogen (secondary N) is 1. The predicted octanol–water partition coefficient (Wildman–Crippen LogP) is 3.23. The fraction of sp³-hybridized carbons (Fsp3) is 0.0500. The maximum Gasteiger partial charge on any atom is 0.417 e. The Morgan fingerprint density at radius 1 is 1.10 bits per heavy atom. The normalized spacial score (nSPS) is 11.3. The first-order valence-electron chi connectivity index (χ1n) is 9.04. The molecule has 0 aliphatic heterocycles. The van der Waals surface area contributed by atoms with E-state index >= 15 is 0 Å². The Morgan fingerprint density at radius 3 is 2.52 bits per heavy atom. The number of thiazole rings is 1. The van der Waals surface area contributed by atoms with Gasteiger partial charge in [-0.2, -0.15) is 5.10 Å². The number of rotatable bonds is 6. The molecule has 0 aliphatic carbocycles. The lowest BCUT2D eigenvalue weighted by atomic mass is 10.3. The third kappa shape index (κ3) is 4.63. The molecule has 9 nitrogen and oxygen atoms in total. The van der Waals surface area contributed by atoms with Crippen LogP contribution < -0.4 is 15.8 Å². The second-order valence-electron chi connectivity index (χ2n) is 6.32. The SMILES string of the molecule is NCc1cnn(-c2cnc(S(=O)(=O)c3ccc(NC(=O)Oc4ccccc4)cc3)s2)c1. The number of amides is 1. The Bertz CT molecular complexity index is 1300. The van der Waals surface area contributed by atoms with Crippen molar-refractivity contribution in [3.8, 4) is 10.8 Å². The highest BCUT2D eigenvalue weighted by Crippen LogP contribution is 2.28. The molecular formula is C20H17N5O4S2. The van der Waals surface area contributed by atoms with Crippen LogP contribution in [-0.4, -0.2) is 29.3 Å². The average molecular weight is 456 g/mol. The number of carbonyl (C=O) groups excluding carboxylic acids is 1. The standard InChI is InChI=1S/C20H17N5O4S2/c21-10-14-11-23-25(13-14)18-12-22-20(30-18)31(27,28)17-8-6-15(7-9-17)24-19(26)29-16-4-2-1-3-5-16/h1-9,11-13H,10,21H2,(H,24,26). The van der Waals surface area contributed by atoms with Gasteiger partial charge in [0.1, 0.15) is 10.8 Å². The molecule has 0 spiro atoms. The van der Waals surface area contributed by atoms with E-state index in [4.69, 9.17) is 10.5 Å². The van der Waals surface area contributed by atoms with Crippen LogP contribution in [0.5, 0.6) is 5.75 Å². The van der Waals surface area contributed by atoms with E-state index in [0.717, 1.165) is 16.9 Å². The Balaban J connectivity index is 1.47. The lowest BCUT2D eigenvalue weighted by molar-refractivity contribution is 0.215. The summed E-state index contributed by atoms with van der Waals surface area (Å²) in [5, 5.41) is 7.26. The first kappa shape index (κ1) is 20.7. The first-order chi connectivity index (χ1) is 15.0. The van der Waals surface area contributed by atoms with E-state index in [1.165, 1.54) is 35.1 Å². The Labute approximate surface area is 182 Å². The molecule has 11 heteroatoms. The van der Waals surface area contributed by atoms with Crippen molar-refractivity contribution < 1.29 is 17.9 Å². The topological polar surface area (TPSA) is 129 Å². The summed E-state index contributed by atoms with van der Waals surface area (Å²) in [6.07, 6.45) is 4.10. The number of benzene rings is 2. The molecule has 158 valence electrons. The van der Waals surface area contributed by atoms with E-state index in [0.29, 0.717) is 23.0 Å². The maximum absolute atomic E-state index is 12.9. The monoisotopic (exact) mass is 455 g/mol. The van der Waals surface area contributed by atoms with Gasteiger partial charge in [-0.3, -0.25) is 5.32 Å². The molecule has 31 heavy (non-hydrogen) atoms. The molecule has 0 fully saturated rings. The highest BCUT2D eigenvalue weighted by Gasteiger charge is 2.22. The smallest absolute Gasteiger partial charge is 0.410 e. The zero-order valence-electron chi connectivity index (χ0n) is 16.0. The number of hydrogen-bond acceptors (Lipinski definition) is 8. The highest BCUT2D eigenvalue weighted by molar-refractivity contribution is 7.93. The number of ether oxygens (including phenoxy) is 1. The molecule has 0 saturated carbocycles. The third-order valence-electron chi connectivity index (χ3n) is 4.16. The third-order valence-corrected chi connectivity index (χ3v) is 7.31. The molecule has 0 bridgehead atoms. The van der Waals surface area contributed by atoms with Crippen molar-refractivity contribution in [2.75, 3.05) is 5.32 Å². The van der Waals surface area contributed by atoms with E-state index in [2.05, 4.69) is 15.4 Å². The second-order valence-corrected chi connectivity index (χ2v) is 9.45. The second kappa shape index (κ2) is 8.68. The van der Waals surface area contributed by atoms with E-state index in [1.54, 1.807) is 36.7 Å². The molecule has 0 atom stereocenters. The molecule has 2 aromatic heterocycles. The number of anilines is 1. The zero-order chi connectivity index (χ0) is 21.8. The summed E-state index contributed by atoms with van der Waals surface area (Å²) >= 11 is 0.998. The van der Waals surface area contributed by atoms with Gasteiger partial charge in [0.05, 0.1) is 17.3 Å². The predicted molar refractivity (Wildman–Crippen MR) is 115 cm³/mol. The number of nitrogens with two attached hydrogens (primary N) is 1. The molecule has 4 rings (SSSR count). The van der Waals surface area contributed by atoms with Crippen molar-refractivity contribution in [1.29, 1.82) is 0 Å². The first-order valence-corrected chi connectivity index (χ1v) is 11.3. The fourth-order valence-corrected chi connectivity index (χ4v) is 5.08. The summed E-state index contributed by atoms with van der Waals surface area (Å²) in [6.45, 7) is 0.337. The molecule has 2 heterocycles. The maximum atomic E-state index is 12.9. The number of nitrogens with zero attached hydrogens (tertiary/aromatic N) is 3. The van der Waals surface area contributed by atoms with Crippen molar-refractivity contribution in [2.24, 2.45) is 5.73 Å². The van der Waals surface area contributed by atoms with Gasteiger partial charge in [-0.05, 0) is 36.4 Å². The Hall–Kier alpha value is -3.54. The molecule has 1 amide bonds. The lowest BCUT2D eigenvalue weighted by Crippen LogP contribution is -2.16. The van der Waals surface area contributed by atoms with Crippen LogP contribution in [0.2, 0.25) is 0 Å². The van der Waals surface area contributed by atoms with Gasteiger partial charge in [0.15, 0.2) is 0 Å². The van der Waals surface area contributed by atoms with Crippen LogP contribution in [0, 0.1) is 0 Å². The van der Waals surface area contributed by atoms with Crippen LogP contribution in [0.1, 0.15) is 5.56 Å². The molecule has 2 aromatic carbocycles. The highest BCUT2D eigenvalue weighted by atomic mass is 32.2. The van der Waals surface area contributed by atoms with Crippen molar-refractivity contribution in [2.45, 2.75) is 15.8 Å². The summed E-state index contributed by atoms with van der Waals surface area (Å²) in [4.78, 5) is 16.1. The molecule has 3 N–H and O–H groups in total. The molecule has 0 aliphatic rings. The molecule has 0 saturated heterocycles. The van der Waals surface area contributed by atoms with Crippen LogP contribution in [0.15, 0.2) is 82.4 Å². The summed E-state index contributed by atoms with van der Waals surface area (Å²) in [5.74, 6) is 0.398. The number of aromatic nitrogens is 3. The van der Waals surface area contributed by atoms with Crippen LogP contribution in [0.3, 0.4) is 0 Å². The van der Waals surface area contributed by atoms with Gasteiger partial charge in [-0.25, -0.2) is 22.9 Å². The minimum Gasteiger partial charge on any atom is -0.410 e. The van der Waals surface area contributed by atoms with Gasteiger partial charge in [0.2, 0.25) is 14.2 Å². The number of sulfone groups is 1. The van der Waals surface area contributed by atoms with E-state index in [1.807, 2.05) is 6.07 Å². The number of para-hydroxylation sites is 1. The Morgan fingerprint density at radius 2 is 1.84 bits per heavy atom. The van der Waals surface area contributed by atoms with Crippen LogP contribution >= 0.6 is 11.3 Å². The molecule has 0 radical (unpaired) electrons. The van der Waals surface area contributed by atoms with Crippen molar-refractivity contribution in [1.82, 2.24) is 14.8 Å². The molecular weight excluding hydrogens is 438 g/mol. The van der Waals surface area contributed by atoms with Crippen molar-refractivity contribution in [3.05, 3.63) is 78.8 Å². The zero-order valence-corrected chi connectivity index (χ0v) is 17.6.